The van der Waals surface area contributed by atoms with Gasteiger partial charge in [-0.15, -0.1) is 11.3 Å². The van der Waals surface area contributed by atoms with Crippen molar-refractivity contribution in [1.82, 2.24) is 5.32 Å². The van der Waals surface area contributed by atoms with Crippen molar-refractivity contribution < 1.29 is 4.39 Å². The third-order valence-corrected chi connectivity index (χ3v) is 3.43. The van der Waals surface area contributed by atoms with Crippen molar-refractivity contribution in [3.05, 3.63) is 35.0 Å². The summed E-state index contributed by atoms with van der Waals surface area (Å²) >= 11 is 1.62. The summed E-state index contributed by atoms with van der Waals surface area (Å²) in [6.45, 7) is 4.08. The van der Waals surface area contributed by atoms with E-state index in [1.807, 2.05) is 6.07 Å². The first-order valence-electron chi connectivity index (χ1n) is 5.17. The van der Waals surface area contributed by atoms with E-state index >= 15 is 0 Å². The van der Waals surface area contributed by atoms with Crippen LogP contribution in [0.2, 0.25) is 0 Å². The lowest BCUT2D eigenvalue weighted by atomic mass is 10.1. The fourth-order valence-electron chi connectivity index (χ4n) is 1.65. The van der Waals surface area contributed by atoms with Gasteiger partial charge in [0.1, 0.15) is 5.82 Å². The molecular weight excluding hydrogens is 209 g/mol. The van der Waals surface area contributed by atoms with E-state index in [1.54, 1.807) is 17.4 Å². The highest BCUT2D eigenvalue weighted by atomic mass is 32.1. The van der Waals surface area contributed by atoms with Crippen molar-refractivity contribution in [3.8, 4) is 0 Å². The van der Waals surface area contributed by atoms with Gasteiger partial charge in [0.05, 0.1) is 0 Å². The van der Waals surface area contributed by atoms with Gasteiger partial charge < -0.3 is 5.32 Å². The SMILES string of the molecule is CCNCCc1csc2cc(F)ccc12. The van der Waals surface area contributed by atoms with Gasteiger partial charge in [0, 0.05) is 4.70 Å². The second-order valence-electron chi connectivity index (χ2n) is 3.50. The topological polar surface area (TPSA) is 12.0 Å². The maximum Gasteiger partial charge on any atom is 0.124 e. The zero-order chi connectivity index (χ0) is 10.7. The highest BCUT2D eigenvalue weighted by Gasteiger charge is 2.04. The van der Waals surface area contributed by atoms with E-state index in [0.717, 1.165) is 24.2 Å². The largest absolute Gasteiger partial charge is 0.317 e. The van der Waals surface area contributed by atoms with Crippen molar-refractivity contribution in [2.24, 2.45) is 0 Å². The third kappa shape index (κ3) is 2.36. The fraction of sp³-hybridized carbons (Fsp3) is 0.333. The molecule has 0 bridgehead atoms. The van der Waals surface area contributed by atoms with E-state index in [0.29, 0.717) is 0 Å². The van der Waals surface area contributed by atoms with E-state index in [1.165, 1.54) is 17.0 Å². The van der Waals surface area contributed by atoms with E-state index in [9.17, 15) is 4.39 Å². The predicted molar refractivity (Wildman–Crippen MR) is 64.0 cm³/mol. The number of thiophene rings is 1. The molecule has 0 saturated heterocycles. The van der Waals surface area contributed by atoms with Crippen LogP contribution < -0.4 is 5.32 Å². The minimum Gasteiger partial charge on any atom is -0.317 e. The molecule has 0 spiro atoms. The Kier molecular flexibility index (Phi) is 3.34. The monoisotopic (exact) mass is 223 g/mol. The Morgan fingerprint density at radius 1 is 1.40 bits per heavy atom. The fourth-order valence-corrected chi connectivity index (χ4v) is 2.67. The molecule has 2 aromatic rings. The lowest BCUT2D eigenvalue weighted by Crippen LogP contribution is -2.15. The summed E-state index contributed by atoms with van der Waals surface area (Å²) in [4.78, 5) is 0. The average Bonchev–Trinajstić information content (AvgIpc) is 2.61. The van der Waals surface area contributed by atoms with Crippen LogP contribution in [0, 0.1) is 5.82 Å². The van der Waals surface area contributed by atoms with Crippen LogP contribution in [0.25, 0.3) is 10.1 Å². The van der Waals surface area contributed by atoms with Gasteiger partial charge in [-0.1, -0.05) is 13.0 Å². The Hall–Kier alpha value is -0.930. The lowest BCUT2D eigenvalue weighted by Gasteiger charge is -2.00. The molecule has 2 rings (SSSR count). The molecule has 1 heterocycles. The van der Waals surface area contributed by atoms with Gasteiger partial charge in [0.25, 0.3) is 0 Å². The van der Waals surface area contributed by atoms with Gasteiger partial charge in [-0.05, 0) is 48.0 Å². The first kappa shape index (κ1) is 10.6. The van der Waals surface area contributed by atoms with Gasteiger partial charge >= 0.3 is 0 Å². The Labute approximate surface area is 92.9 Å². The number of benzene rings is 1. The first-order chi connectivity index (χ1) is 7.31. The van der Waals surface area contributed by atoms with E-state index in [-0.39, 0.29) is 5.82 Å². The molecule has 80 valence electrons. The molecule has 1 nitrogen and oxygen atoms in total. The average molecular weight is 223 g/mol. The molecule has 0 saturated carbocycles. The minimum atomic E-state index is -0.150. The third-order valence-electron chi connectivity index (χ3n) is 2.44. The van der Waals surface area contributed by atoms with Crippen LogP contribution in [0.5, 0.6) is 0 Å². The molecule has 0 aliphatic heterocycles. The van der Waals surface area contributed by atoms with Crippen molar-refractivity contribution in [2.75, 3.05) is 13.1 Å². The number of halogens is 1. The van der Waals surface area contributed by atoms with Crippen LogP contribution in [0.15, 0.2) is 23.6 Å². The number of likely N-dealkylation sites (N-methyl/N-ethyl adjacent to an activating group) is 1. The molecule has 1 aromatic heterocycles. The molecule has 0 amide bonds. The smallest absolute Gasteiger partial charge is 0.124 e. The summed E-state index contributed by atoms with van der Waals surface area (Å²) in [6.07, 6.45) is 1.01. The van der Waals surface area contributed by atoms with E-state index < -0.39 is 0 Å². The Morgan fingerprint density at radius 3 is 3.07 bits per heavy atom. The molecule has 0 aliphatic rings. The molecule has 0 radical (unpaired) electrons. The van der Waals surface area contributed by atoms with Gasteiger partial charge in [0.2, 0.25) is 0 Å². The van der Waals surface area contributed by atoms with Crippen LogP contribution in [-0.4, -0.2) is 13.1 Å². The molecule has 1 N–H and O–H groups in total. The second-order valence-corrected chi connectivity index (χ2v) is 4.42. The highest BCUT2D eigenvalue weighted by Crippen LogP contribution is 2.26. The summed E-state index contributed by atoms with van der Waals surface area (Å²) in [7, 11) is 0. The predicted octanol–water partition coefficient (Wildman–Crippen LogP) is 3.19. The quantitative estimate of drug-likeness (QED) is 0.785. The summed E-state index contributed by atoms with van der Waals surface area (Å²) in [5, 5.41) is 6.61. The molecule has 0 atom stereocenters. The standard InChI is InChI=1S/C12H14FNS/c1-2-14-6-5-9-8-15-12-7-10(13)3-4-11(9)12/h3-4,7-8,14H,2,5-6H2,1H3. The van der Waals surface area contributed by atoms with Crippen LogP contribution in [0.1, 0.15) is 12.5 Å². The van der Waals surface area contributed by atoms with Crippen LogP contribution >= 0.6 is 11.3 Å². The second kappa shape index (κ2) is 4.73. The minimum absolute atomic E-state index is 0.150. The summed E-state index contributed by atoms with van der Waals surface area (Å²) in [5.74, 6) is -0.150. The Balaban J connectivity index is 2.21. The van der Waals surface area contributed by atoms with Crippen molar-refractivity contribution in [3.63, 3.8) is 0 Å². The maximum atomic E-state index is 12.9. The summed E-state index contributed by atoms with van der Waals surface area (Å²) in [6, 6.07) is 5.02. The van der Waals surface area contributed by atoms with Crippen LogP contribution in [0.3, 0.4) is 0 Å². The van der Waals surface area contributed by atoms with Crippen molar-refractivity contribution >= 4 is 21.4 Å². The highest BCUT2D eigenvalue weighted by molar-refractivity contribution is 7.17. The summed E-state index contributed by atoms with van der Waals surface area (Å²) in [5.41, 5.74) is 1.32. The van der Waals surface area contributed by atoms with Gasteiger partial charge in [-0.2, -0.15) is 0 Å². The zero-order valence-corrected chi connectivity index (χ0v) is 9.53. The maximum absolute atomic E-state index is 12.9. The normalized spacial score (nSPS) is 11.1. The Morgan fingerprint density at radius 2 is 2.27 bits per heavy atom. The molecule has 0 fully saturated rings. The first-order valence-corrected chi connectivity index (χ1v) is 6.05. The molecule has 15 heavy (non-hydrogen) atoms. The zero-order valence-electron chi connectivity index (χ0n) is 8.72. The number of rotatable bonds is 4. The van der Waals surface area contributed by atoms with Crippen molar-refractivity contribution in [2.45, 2.75) is 13.3 Å². The van der Waals surface area contributed by atoms with Crippen molar-refractivity contribution in [1.29, 1.82) is 0 Å². The lowest BCUT2D eigenvalue weighted by molar-refractivity contribution is 0.630. The van der Waals surface area contributed by atoms with Gasteiger partial charge in [-0.3, -0.25) is 0 Å². The number of hydrogen-bond donors (Lipinski definition) is 1. The van der Waals surface area contributed by atoms with E-state index in [2.05, 4.69) is 17.6 Å². The molecule has 0 aliphatic carbocycles. The van der Waals surface area contributed by atoms with Gasteiger partial charge in [-0.25, -0.2) is 4.39 Å². The molecule has 1 aromatic carbocycles. The molecular formula is C12H14FNS. The van der Waals surface area contributed by atoms with Gasteiger partial charge in [0.15, 0.2) is 0 Å². The number of fused-ring (bicyclic) bond motifs is 1. The molecule has 0 unspecified atom stereocenters. The van der Waals surface area contributed by atoms with Crippen LogP contribution in [0.4, 0.5) is 4.39 Å². The number of hydrogen-bond acceptors (Lipinski definition) is 2. The Bertz CT molecular complexity index is 450. The summed E-state index contributed by atoms with van der Waals surface area (Å²) < 4.78 is 14.0. The van der Waals surface area contributed by atoms with Crippen LogP contribution in [-0.2, 0) is 6.42 Å². The molecule has 3 heteroatoms. The van der Waals surface area contributed by atoms with E-state index in [4.69, 9.17) is 0 Å². The number of nitrogens with one attached hydrogen (secondary N) is 1.